The van der Waals surface area contributed by atoms with Gasteiger partial charge in [-0.05, 0) is 63.8 Å². The van der Waals surface area contributed by atoms with Crippen LogP contribution in [-0.4, -0.2) is 20.6 Å². The molecule has 4 N–H and O–H groups in total. The lowest BCUT2D eigenvalue weighted by Gasteiger charge is -2.12. The fraction of sp³-hybridized carbons (Fsp3) is 0. The van der Waals surface area contributed by atoms with Gasteiger partial charge in [0, 0.05) is 11.3 Å². The maximum atomic E-state index is 12.7. The van der Waals surface area contributed by atoms with Crippen molar-refractivity contribution in [1.29, 1.82) is 0 Å². The molecule has 6 nitrogen and oxygen atoms in total. The van der Waals surface area contributed by atoms with E-state index in [0.717, 1.165) is 16.8 Å². The van der Waals surface area contributed by atoms with Crippen LogP contribution in [0.25, 0.3) is 39.0 Å². The van der Waals surface area contributed by atoms with Crippen molar-refractivity contribution in [3.63, 3.8) is 0 Å². The number of aromatic amines is 1. The number of amides is 1. The Balaban J connectivity index is 1.68. The number of halogens is 1. The summed E-state index contributed by atoms with van der Waals surface area (Å²) in [6.07, 6.45) is 0. The van der Waals surface area contributed by atoms with Crippen LogP contribution in [0.5, 0.6) is 5.75 Å². The first-order valence-corrected chi connectivity index (χ1v) is 11.0. The molecule has 3 heterocycles. The van der Waals surface area contributed by atoms with Gasteiger partial charge < -0.3 is 15.8 Å². The highest BCUT2D eigenvalue weighted by atomic mass is 35.5. The summed E-state index contributed by atoms with van der Waals surface area (Å²) in [4.78, 5) is 26.9. The Morgan fingerprint density at radius 1 is 1.00 bits per heavy atom. The topological polar surface area (TPSA) is 101 Å². The Morgan fingerprint density at radius 2 is 1.69 bits per heavy atom. The first kappa shape index (κ1) is 20.1. The standard InChI is InChI=1S/C24H16ClN3O3S/c25-19-11-18-21(28(19)17-7-5-13(6-8-17)16-9-10-32-12-16)22(29)20(24(31)27-18)14-1-3-15(4-2-14)23(26)30/h1-12H,(H2,26,30)(H2,27,29,31). The second-order valence-corrected chi connectivity index (χ2v) is 8.41. The van der Waals surface area contributed by atoms with Crippen molar-refractivity contribution < 1.29 is 9.90 Å². The number of nitrogens with one attached hydrogen (secondary N) is 1. The van der Waals surface area contributed by atoms with Crippen molar-refractivity contribution in [2.45, 2.75) is 0 Å². The van der Waals surface area contributed by atoms with Crippen molar-refractivity contribution in [3.05, 3.63) is 92.5 Å². The molecule has 0 fully saturated rings. The number of thiophene rings is 1. The first-order valence-electron chi connectivity index (χ1n) is 9.63. The quantitative estimate of drug-likeness (QED) is 0.344. The molecule has 0 radical (unpaired) electrons. The largest absolute Gasteiger partial charge is 0.505 e. The molecule has 0 spiro atoms. The molecule has 0 aliphatic heterocycles. The van der Waals surface area contributed by atoms with Gasteiger partial charge in [-0.15, -0.1) is 0 Å². The van der Waals surface area contributed by atoms with E-state index >= 15 is 0 Å². The van der Waals surface area contributed by atoms with Gasteiger partial charge >= 0.3 is 0 Å². The summed E-state index contributed by atoms with van der Waals surface area (Å²) in [5.41, 5.74) is 9.39. The second-order valence-electron chi connectivity index (χ2n) is 7.24. The number of fused-ring (bicyclic) bond motifs is 1. The minimum atomic E-state index is -0.573. The zero-order valence-corrected chi connectivity index (χ0v) is 18.1. The summed E-state index contributed by atoms with van der Waals surface area (Å²) in [7, 11) is 0. The summed E-state index contributed by atoms with van der Waals surface area (Å²) in [6.45, 7) is 0. The number of carbonyl (C=O) groups is 1. The van der Waals surface area contributed by atoms with E-state index in [9.17, 15) is 14.7 Å². The summed E-state index contributed by atoms with van der Waals surface area (Å²) < 4.78 is 1.68. The molecule has 0 aliphatic rings. The summed E-state index contributed by atoms with van der Waals surface area (Å²) >= 11 is 8.13. The van der Waals surface area contributed by atoms with Gasteiger partial charge in [-0.3, -0.25) is 14.2 Å². The number of nitrogens with zero attached hydrogens (tertiary/aromatic N) is 1. The van der Waals surface area contributed by atoms with Gasteiger partial charge in [0.1, 0.15) is 10.7 Å². The van der Waals surface area contributed by atoms with Gasteiger partial charge in [-0.2, -0.15) is 11.3 Å². The minimum absolute atomic E-state index is 0.0828. The molecule has 1 amide bonds. The smallest absolute Gasteiger partial charge is 0.260 e. The van der Waals surface area contributed by atoms with Gasteiger partial charge in [0.25, 0.3) is 5.56 Å². The number of H-pyrrole nitrogens is 1. The van der Waals surface area contributed by atoms with Gasteiger partial charge in [0.15, 0.2) is 5.75 Å². The van der Waals surface area contributed by atoms with Crippen LogP contribution in [0.2, 0.25) is 5.15 Å². The zero-order valence-electron chi connectivity index (χ0n) is 16.5. The predicted molar refractivity (Wildman–Crippen MR) is 128 cm³/mol. The van der Waals surface area contributed by atoms with Crippen LogP contribution in [0.4, 0.5) is 0 Å². The lowest BCUT2D eigenvalue weighted by molar-refractivity contribution is 0.100. The molecule has 0 unspecified atom stereocenters. The molecular formula is C24H16ClN3O3S. The van der Waals surface area contributed by atoms with Gasteiger partial charge in [-0.1, -0.05) is 35.9 Å². The number of pyridine rings is 1. The van der Waals surface area contributed by atoms with E-state index < -0.39 is 11.5 Å². The van der Waals surface area contributed by atoms with Crippen LogP contribution in [0.3, 0.4) is 0 Å². The van der Waals surface area contributed by atoms with Crippen molar-refractivity contribution in [2.75, 3.05) is 0 Å². The maximum absolute atomic E-state index is 12.7. The number of nitrogens with two attached hydrogens (primary N) is 1. The number of aromatic nitrogens is 2. The zero-order chi connectivity index (χ0) is 22.4. The molecule has 0 saturated heterocycles. The third-order valence-electron chi connectivity index (χ3n) is 5.33. The third kappa shape index (κ3) is 3.28. The summed E-state index contributed by atoms with van der Waals surface area (Å²) in [5, 5.41) is 15.6. The molecule has 3 aromatic heterocycles. The van der Waals surface area contributed by atoms with Crippen LogP contribution in [0, 0.1) is 0 Å². The molecule has 0 aliphatic carbocycles. The maximum Gasteiger partial charge on any atom is 0.260 e. The van der Waals surface area contributed by atoms with E-state index in [4.69, 9.17) is 17.3 Å². The van der Waals surface area contributed by atoms with Gasteiger partial charge in [0.05, 0.1) is 11.1 Å². The van der Waals surface area contributed by atoms with E-state index in [-0.39, 0.29) is 11.3 Å². The highest BCUT2D eigenvalue weighted by Gasteiger charge is 2.20. The Hall–Kier alpha value is -3.81. The van der Waals surface area contributed by atoms with Crippen LogP contribution in [-0.2, 0) is 0 Å². The van der Waals surface area contributed by atoms with Crippen LogP contribution in [0.15, 0.2) is 76.2 Å². The SMILES string of the molecule is NC(=O)c1ccc(-c2c(O)c3c(cc(Cl)n3-c3ccc(-c4ccsc4)cc3)[nH]c2=O)cc1. The Morgan fingerprint density at radius 3 is 2.31 bits per heavy atom. The number of primary amides is 1. The normalized spacial score (nSPS) is 11.2. The Bertz CT molecular complexity index is 1520. The molecule has 8 heteroatoms. The number of hydrogen-bond donors (Lipinski definition) is 3. The Labute approximate surface area is 191 Å². The highest BCUT2D eigenvalue weighted by Crippen LogP contribution is 2.37. The second kappa shape index (κ2) is 7.71. The average Bonchev–Trinajstić information content (AvgIpc) is 3.42. The molecule has 0 saturated carbocycles. The predicted octanol–water partition coefficient (Wildman–Crippen LogP) is 5.17. The van der Waals surface area contributed by atoms with Crippen molar-refractivity contribution in [3.8, 4) is 33.7 Å². The molecule has 2 aromatic carbocycles. The highest BCUT2D eigenvalue weighted by molar-refractivity contribution is 7.08. The number of benzene rings is 2. The number of hydrogen-bond acceptors (Lipinski definition) is 4. The van der Waals surface area contributed by atoms with E-state index in [2.05, 4.69) is 10.4 Å². The lowest BCUT2D eigenvalue weighted by Crippen LogP contribution is -2.12. The van der Waals surface area contributed by atoms with E-state index in [1.807, 2.05) is 35.7 Å². The summed E-state index contributed by atoms with van der Waals surface area (Å²) in [6, 6.07) is 17.6. The number of rotatable bonds is 4. The van der Waals surface area contributed by atoms with Crippen molar-refractivity contribution in [2.24, 2.45) is 5.73 Å². The molecule has 158 valence electrons. The van der Waals surface area contributed by atoms with Crippen LogP contribution in [0.1, 0.15) is 10.4 Å². The van der Waals surface area contributed by atoms with Gasteiger partial charge in [-0.25, -0.2) is 0 Å². The molecule has 5 rings (SSSR count). The molecular weight excluding hydrogens is 446 g/mol. The fourth-order valence-electron chi connectivity index (χ4n) is 3.77. The first-order chi connectivity index (χ1) is 15.4. The van der Waals surface area contributed by atoms with Crippen molar-refractivity contribution >= 4 is 39.9 Å². The van der Waals surface area contributed by atoms with Crippen molar-refractivity contribution in [1.82, 2.24) is 9.55 Å². The van der Waals surface area contributed by atoms with E-state index in [0.29, 0.717) is 27.3 Å². The summed E-state index contributed by atoms with van der Waals surface area (Å²) in [5.74, 6) is -0.777. The fourth-order valence-corrected chi connectivity index (χ4v) is 4.73. The van der Waals surface area contributed by atoms with E-state index in [1.165, 1.54) is 12.1 Å². The van der Waals surface area contributed by atoms with Crippen LogP contribution < -0.4 is 11.3 Å². The van der Waals surface area contributed by atoms with E-state index in [1.54, 1.807) is 34.1 Å². The Kier molecular flexibility index (Phi) is 4.84. The molecule has 5 aromatic rings. The number of carbonyl (C=O) groups excluding carboxylic acids is 1. The van der Waals surface area contributed by atoms with Crippen LogP contribution >= 0.6 is 22.9 Å². The minimum Gasteiger partial charge on any atom is -0.505 e. The molecule has 0 atom stereocenters. The molecule has 0 bridgehead atoms. The number of aromatic hydroxyl groups is 1. The third-order valence-corrected chi connectivity index (χ3v) is 6.29. The lowest BCUT2D eigenvalue weighted by atomic mass is 10.0. The average molecular weight is 462 g/mol. The van der Waals surface area contributed by atoms with Gasteiger partial charge in [0.2, 0.25) is 5.91 Å². The monoisotopic (exact) mass is 461 g/mol. The molecule has 32 heavy (non-hydrogen) atoms.